The summed E-state index contributed by atoms with van der Waals surface area (Å²) in [5, 5.41) is 7.54. The fourth-order valence-corrected chi connectivity index (χ4v) is 7.35. The monoisotopic (exact) mass is 488 g/mol. The lowest BCUT2D eigenvalue weighted by Gasteiger charge is -2.46. The van der Waals surface area contributed by atoms with Crippen molar-refractivity contribution in [3.05, 3.63) is 24.5 Å². The average Bonchev–Trinajstić information content (AvgIpc) is 2.61. The van der Waals surface area contributed by atoms with E-state index in [9.17, 15) is 0 Å². The van der Waals surface area contributed by atoms with Gasteiger partial charge in [0.25, 0.3) is 0 Å². The second kappa shape index (κ2) is 12.2. The molecule has 35 heavy (non-hydrogen) atoms. The van der Waals surface area contributed by atoms with Crippen LogP contribution in [-0.4, -0.2) is 28.3 Å². The molecule has 1 atom stereocenters. The molecule has 0 aromatic rings. The molecule has 0 spiro atoms. The van der Waals surface area contributed by atoms with Crippen LogP contribution in [0, 0.1) is 11.8 Å². The number of allylic oxidation sites excluding steroid dienone is 2. The van der Waals surface area contributed by atoms with Crippen LogP contribution < -0.4 is 10.6 Å². The molecule has 2 fully saturated rings. The number of ether oxygens (including phenoxy) is 1. The second-order valence-corrected chi connectivity index (χ2v) is 14.8. The van der Waals surface area contributed by atoms with Crippen LogP contribution >= 0.6 is 0 Å². The van der Waals surface area contributed by atoms with E-state index in [1.165, 1.54) is 69.8 Å². The highest BCUT2D eigenvalue weighted by molar-refractivity contribution is 5.03. The van der Waals surface area contributed by atoms with E-state index in [4.69, 9.17) is 4.74 Å². The van der Waals surface area contributed by atoms with Gasteiger partial charge >= 0.3 is 0 Å². The van der Waals surface area contributed by atoms with Gasteiger partial charge < -0.3 is 15.4 Å². The van der Waals surface area contributed by atoms with E-state index in [0.29, 0.717) is 5.92 Å². The molecule has 0 bridgehead atoms. The Kier molecular flexibility index (Phi) is 10.6. The molecule has 2 heterocycles. The van der Waals surface area contributed by atoms with Crippen LogP contribution in [0.1, 0.15) is 139 Å². The molecule has 1 unspecified atom stereocenters. The number of nitrogens with one attached hydrogen (secondary N) is 2. The number of piperidine rings is 2. The zero-order chi connectivity index (χ0) is 26.5. The van der Waals surface area contributed by atoms with Crippen molar-refractivity contribution >= 4 is 0 Å². The fraction of sp³-hybridized carbons (Fsp3) is 0.875. The van der Waals surface area contributed by atoms with Crippen LogP contribution in [0.15, 0.2) is 24.5 Å². The number of rotatable bonds is 13. The highest BCUT2D eigenvalue weighted by atomic mass is 16.5. The van der Waals surface area contributed by atoms with E-state index in [1.54, 1.807) is 0 Å². The molecule has 2 aliphatic heterocycles. The molecule has 3 heteroatoms. The summed E-state index contributed by atoms with van der Waals surface area (Å²) in [7, 11) is 0. The van der Waals surface area contributed by atoms with Crippen LogP contribution in [0.5, 0.6) is 0 Å². The largest absolute Gasteiger partial charge is 0.495 e. The lowest BCUT2D eigenvalue weighted by atomic mass is 9.73. The zero-order valence-corrected chi connectivity index (χ0v) is 25.0. The Balaban J connectivity index is 1.56. The molecule has 0 aromatic heterocycles. The van der Waals surface area contributed by atoms with Gasteiger partial charge in [-0.05, 0) is 99.8 Å². The van der Waals surface area contributed by atoms with E-state index in [-0.39, 0.29) is 28.3 Å². The van der Waals surface area contributed by atoms with Gasteiger partial charge in [-0.3, -0.25) is 0 Å². The van der Waals surface area contributed by atoms with Crippen LogP contribution in [0.4, 0.5) is 0 Å². The van der Waals surface area contributed by atoms with Crippen molar-refractivity contribution in [2.24, 2.45) is 11.8 Å². The summed E-state index contributed by atoms with van der Waals surface area (Å²) in [5.41, 5.74) is 2.17. The average molecular weight is 489 g/mol. The van der Waals surface area contributed by atoms with Gasteiger partial charge in [-0.25, -0.2) is 0 Å². The molecule has 0 saturated carbocycles. The standard InChI is InChI=1S/C32H60N2O/c1-24(19-27-20-29(4,5)33-30(6,7)21-27)17-15-13-12-14-16-18-25(2)26(3)35-28-22-31(8,9)34-32(10,11)23-28/h25,27-28,33-34H,1,3,12-23H2,2,4-11H3. The highest BCUT2D eigenvalue weighted by Gasteiger charge is 2.39. The van der Waals surface area contributed by atoms with Crippen LogP contribution in [-0.2, 0) is 4.74 Å². The van der Waals surface area contributed by atoms with Crippen molar-refractivity contribution < 1.29 is 4.74 Å². The predicted molar refractivity (Wildman–Crippen MR) is 154 cm³/mol. The van der Waals surface area contributed by atoms with Crippen molar-refractivity contribution in [2.75, 3.05) is 0 Å². The molecule has 0 radical (unpaired) electrons. The summed E-state index contributed by atoms with van der Waals surface area (Å²) in [6.45, 7) is 29.5. The van der Waals surface area contributed by atoms with E-state index < -0.39 is 0 Å². The molecule has 0 aliphatic carbocycles. The normalized spacial score (nSPS) is 24.6. The molecule has 2 aliphatic rings. The summed E-state index contributed by atoms with van der Waals surface area (Å²) < 4.78 is 6.39. The molecular weight excluding hydrogens is 428 g/mol. The van der Waals surface area contributed by atoms with E-state index in [2.05, 4.69) is 86.1 Å². The minimum atomic E-state index is 0.113. The molecule has 2 saturated heterocycles. The molecule has 0 aromatic carbocycles. The SMILES string of the molecule is C=C(CCCCCCCC(C)C(=C)OC1CC(C)(C)NC(C)(C)C1)CC1CC(C)(C)NC(C)(C)C1. The number of hydrogen-bond acceptors (Lipinski definition) is 3. The Labute approximate surface area is 219 Å². The summed E-state index contributed by atoms with van der Waals surface area (Å²) in [5.74, 6) is 2.20. The summed E-state index contributed by atoms with van der Waals surface area (Å²) in [6, 6.07) is 0. The third-order valence-corrected chi connectivity index (χ3v) is 8.04. The Morgan fingerprint density at radius 3 is 1.74 bits per heavy atom. The first-order chi connectivity index (χ1) is 16.0. The van der Waals surface area contributed by atoms with Gasteiger partial charge in [0.2, 0.25) is 0 Å². The zero-order valence-electron chi connectivity index (χ0n) is 25.0. The maximum atomic E-state index is 6.39. The quantitative estimate of drug-likeness (QED) is 0.154. The third-order valence-electron chi connectivity index (χ3n) is 8.04. The van der Waals surface area contributed by atoms with Crippen LogP contribution in [0.3, 0.4) is 0 Å². The summed E-state index contributed by atoms with van der Waals surface area (Å²) in [4.78, 5) is 0. The lowest BCUT2D eigenvalue weighted by Crippen LogP contribution is -2.59. The van der Waals surface area contributed by atoms with Crippen molar-refractivity contribution in [3.8, 4) is 0 Å². The Morgan fingerprint density at radius 1 is 0.743 bits per heavy atom. The minimum Gasteiger partial charge on any atom is -0.495 e. The van der Waals surface area contributed by atoms with Gasteiger partial charge in [-0.1, -0.05) is 51.3 Å². The highest BCUT2D eigenvalue weighted by Crippen LogP contribution is 2.37. The fourth-order valence-electron chi connectivity index (χ4n) is 7.35. The molecule has 0 amide bonds. The summed E-state index contributed by atoms with van der Waals surface area (Å²) in [6.07, 6.45) is 15.0. The second-order valence-electron chi connectivity index (χ2n) is 14.8. The first-order valence-corrected chi connectivity index (χ1v) is 14.6. The number of hydrogen-bond donors (Lipinski definition) is 2. The van der Waals surface area contributed by atoms with Crippen molar-refractivity contribution in [2.45, 2.75) is 168 Å². The topological polar surface area (TPSA) is 33.3 Å². The first-order valence-electron chi connectivity index (χ1n) is 14.6. The van der Waals surface area contributed by atoms with Gasteiger partial charge in [0.05, 0.1) is 5.76 Å². The summed E-state index contributed by atoms with van der Waals surface area (Å²) >= 11 is 0. The van der Waals surface area contributed by atoms with E-state index in [1.807, 2.05) is 0 Å². The van der Waals surface area contributed by atoms with Gasteiger partial charge in [-0.2, -0.15) is 0 Å². The third kappa shape index (κ3) is 11.4. The van der Waals surface area contributed by atoms with Gasteiger partial charge in [0, 0.05) is 40.9 Å². The molecule has 2 N–H and O–H groups in total. The van der Waals surface area contributed by atoms with Crippen LogP contribution in [0.2, 0.25) is 0 Å². The van der Waals surface area contributed by atoms with Crippen molar-refractivity contribution in [1.82, 2.24) is 10.6 Å². The Hall–Kier alpha value is -0.800. The van der Waals surface area contributed by atoms with E-state index >= 15 is 0 Å². The maximum Gasteiger partial charge on any atom is 0.102 e. The number of unbranched alkanes of at least 4 members (excludes halogenated alkanes) is 4. The molecular formula is C32H60N2O. The van der Waals surface area contributed by atoms with Crippen molar-refractivity contribution in [3.63, 3.8) is 0 Å². The minimum absolute atomic E-state index is 0.113. The lowest BCUT2D eigenvalue weighted by molar-refractivity contribution is 0.00443. The first kappa shape index (κ1) is 30.4. The van der Waals surface area contributed by atoms with Crippen LogP contribution in [0.25, 0.3) is 0 Å². The molecule has 3 nitrogen and oxygen atoms in total. The van der Waals surface area contributed by atoms with Gasteiger partial charge in [0.15, 0.2) is 0 Å². The van der Waals surface area contributed by atoms with Gasteiger partial charge in [-0.15, -0.1) is 0 Å². The van der Waals surface area contributed by atoms with Crippen molar-refractivity contribution in [1.29, 1.82) is 0 Å². The Morgan fingerprint density at radius 2 is 1.20 bits per heavy atom. The molecule has 204 valence electrons. The van der Waals surface area contributed by atoms with E-state index in [0.717, 1.165) is 24.5 Å². The maximum absolute atomic E-state index is 6.39. The smallest absolute Gasteiger partial charge is 0.102 e. The predicted octanol–water partition coefficient (Wildman–Crippen LogP) is 8.70. The Bertz CT molecular complexity index is 670. The molecule has 2 rings (SSSR count). The van der Waals surface area contributed by atoms with Gasteiger partial charge in [0.1, 0.15) is 6.10 Å².